The first-order chi connectivity index (χ1) is 17.0. The van der Waals surface area contributed by atoms with E-state index in [1.807, 2.05) is 39.0 Å². The predicted octanol–water partition coefficient (Wildman–Crippen LogP) is 8.21. The van der Waals surface area contributed by atoms with Crippen LogP contribution in [0.4, 0.5) is 28.4 Å². The van der Waals surface area contributed by atoms with Crippen molar-refractivity contribution < 1.29 is 27.0 Å². The number of benzene rings is 2. The Labute approximate surface area is 209 Å². The summed E-state index contributed by atoms with van der Waals surface area (Å²) in [4.78, 5) is 7.65. The Balaban J connectivity index is 1.72. The summed E-state index contributed by atoms with van der Waals surface area (Å²) in [5.74, 6) is 0.0811. The number of nitrogens with zero attached hydrogens (tertiary/aromatic N) is 2. The highest BCUT2D eigenvalue weighted by atomic mass is 32.1. The number of ether oxygens (including phenoxy) is 2. The second-order valence-electron chi connectivity index (χ2n) is 8.87. The molecule has 0 fully saturated rings. The van der Waals surface area contributed by atoms with Gasteiger partial charge >= 0.3 is 6.18 Å². The van der Waals surface area contributed by atoms with Gasteiger partial charge in [-0.2, -0.15) is 13.2 Å². The number of methoxy groups -OCH3 is 1. The Kier molecular flexibility index (Phi) is 6.90. The van der Waals surface area contributed by atoms with E-state index in [0.717, 1.165) is 11.6 Å². The van der Waals surface area contributed by atoms with Crippen molar-refractivity contribution in [2.75, 3.05) is 12.4 Å². The molecule has 0 amide bonds. The van der Waals surface area contributed by atoms with Gasteiger partial charge in [0.1, 0.15) is 23.0 Å². The van der Waals surface area contributed by atoms with Gasteiger partial charge in [-0.3, -0.25) is 0 Å². The van der Waals surface area contributed by atoms with Crippen molar-refractivity contribution in [2.45, 2.75) is 32.4 Å². The number of hydrogen-bond donors (Lipinski definition) is 1. The maximum Gasteiger partial charge on any atom is 0.434 e. The van der Waals surface area contributed by atoms with E-state index in [4.69, 9.17) is 9.47 Å². The number of para-hydroxylation sites is 1. The molecule has 0 aliphatic rings. The fourth-order valence-corrected chi connectivity index (χ4v) is 4.54. The Morgan fingerprint density at radius 2 is 1.72 bits per heavy atom. The molecule has 188 valence electrons. The normalized spacial score (nSPS) is 11.9. The number of halogens is 4. The third-order valence-corrected chi connectivity index (χ3v) is 6.24. The van der Waals surface area contributed by atoms with Crippen LogP contribution in [-0.4, -0.2) is 17.1 Å². The molecule has 0 saturated carbocycles. The van der Waals surface area contributed by atoms with E-state index < -0.39 is 17.7 Å². The molecule has 0 atom stereocenters. The van der Waals surface area contributed by atoms with E-state index in [1.165, 1.54) is 25.4 Å². The lowest BCUT2D eigenvalue weighted by Crippen LogP contribution is -2.12. The molecule has 2 aromatic carbocycles. The molecular formula is C26H23F4N3O2S. The van der Waals surface area contributed by atoms with E-state index in [0.29, 0.717) is 22.8 Å². The van der Waals surface area contributed by atoms with Gasteiger partial charge in [-0.25, -0.2) is 14.4 Å². The first-order valence-corrected chi connectivity index (χ1v) is 11.7. The highest BCUT2D eigenvalue weighted by Gasteiger charge is 2.38. The smallest absolute Gasteiger partial charge is 0.434 e. The molecule has 10 heteroatoms. The zero-order valence-electron chi connectivity index (χ0n) is 19.9. The van der Waals surface area contributed by atoms with Crippen LogP contribution in [0.5, 0.6) is 17.4 Å². The lowest BCUT2D eigenvalue weighted by atomic mass is 9.86. The Hall–Kier alpha value is -3.66. The third-order valence-electron chi connectivity index (χ3n) is 5.23. The van der Waals surface area contributed by atoms with Gasteiger partial charge in [0.25, 0.3) is 0 Å². The van der Waals surface area contributed by atoms with Crippen LogP contribution < -0.4 is 14.8 Å². The number of rotatable bonds is 6. The zero-order chi connectivity index (χ0) is 26.1. The number of anilines is 2. The summed E-state index contributed by atoms with van der Waals surface area (Å²) < 4.78 is 67.1. The van der Waals surface area contributed by atoms with Crippen molar-refractivity contribution in [3.63, 3.8) is 0 Å². The van der Waals surface area contributed by atoms with Gasteiger partial charge in [0.15, 0.2) is 10.8 Å². The van der Waals surface area contributed by atoms with Crippen molar-refractivity contribution in [2.24, 2.45) is 0 Å². The van der Waals surface area contributed by atoms with Crippen LogP contribution in [0.3, 0.4) is 0 Å². The molecular weight excluding hydrogens is 494 g/mol. The summed E-state index contributed by atoms with van der Waals surface area (Å²) in [6, 6.07) is 14.4. The molecule has 5 nitrogen and oxygen atoms in total. The first-order valence-electron chi connectivity index (χ1n) is 10.9. The summed E-state index contributed by atoms with van der Waals surface area (Å²) >= 11 is 0.678. The second-order valence-corrected chi connectivity index (χ2v) is 9.87. The van der Waals surface area contributed by atoms with E-state index in [1.54, 1.807) is 18.2 Å². The summed E-state index contributed by atoms with van der Waals surface area (Å²) in [6.45, 7) is 6.13. The highest BCUT2D eigenvalue weighted by molar-refractivity contribution is 7.19. The Bertz CT molecular complexity index is 1380. The Morgan fingerprint density at radius 1 is 0.972 bits per heavy atom. The fourth-order valence-electron chi connectivity index (χ4n) is 3.52. The third kappa shape index (κ3) is 5.43. The largest absolute Gasteiger partial charge is 0.497 e. The van der Waals surface area contributed by atoms with Crippen molar-refractivity contribution >= 4 is 22.2 Å². The number of pyridine rings is 1. The second kappa shape index (κ2) is 9.77. The van der Waals surface area contributed by atoms with Gasteiger partial charge in [-0.05, 0) is 35.7 Å². The van der Waals surface area contributed by atoms with Gasteiger partial charge in [0, 0.05) is 23.4 Å². The number of alkyl halides is 3. The van der Waals surface area contributed by atoms with E-state index in [-0.39, 0.29) is 32.6 Å². The lowest BCUT2D eigenvalue weighted by Gasteiger charge is -2.22. The van der Waals surface area contributed by atoms with Crippen LogP contribution in [-0.2, 0) is 11.6 Å². The van der Waals surface area contributed by atoms with Crippen LogP contribution in [0.25, 0.3) is 10.4 Å². The standard InChI is InChI=1S/C26H23F4N3O2S/c1-25(2,3)17-8-5-6-10-20(17)35-23-19(9-7-13-31-23)32-24-33-22(26(28,29)30)21(36-24)16-12-11-15(34-4)14-18(16)27/h5-14H,1-4H3,(H,32,33). The predicted molar refractivity (Wildman–Crippen MR) is 132 cm³/mol. The molecule has 2 aromatic heterocycles. The molecule has 36 heavy (non-hydrogen) atoms. The molecule has 0 aliphatic heterocycles. The van der Waals surface area contributed by atoms with Crippen molar-refractivity contribution in [1.29, 1.82) is 0 Å². The topological polar surface area (TPSA) is 56.3 Å². The van der Waals surface area contributed by atoms with E-state index >= 15 is 0 Å². The minimum Gasteiger partial charge on any atom is -0.497 e. The van der Waals surface area contributed by atoms with Crippen LogP contribution in [0.2, 0.25) is 0 Å². The molecule has 0 spiro atoms. The minimum absolute atomic E-state index is 0.0884. The number of thiazole rings is 1. The van der Waals surface area contributed by atoms with Gasteiger partial charge in [-0.1, -0.05) is 50.3 Å². The average molecular weight is 518 g/mol. The average Bonchev–Trinajstić information content (AvgIpc) is 3.24. The van der Waals surface area contributed by atoms with Gasteiger partial charge < -0.3 is 14.8 Å². The molecule has 2 heterocycles. The summed E-state index contributed by atoms with van der Waals surface area (Å²) in [7, 11) is 1.34. The fraction of sp³-hybridized carbons (Fsp3) is 0.231. The van der Waals surface area contributed by atoms with Crippen LogP contribution in [0, 0.1) is 5.82 Å². The molecule has 0 bridgehead atoms. The first kappa shape index (κ1) is 25.4. The van der Waals surface area contributed by atoms with E-state index in [9.17, 15) is 17.6 Å². The quantitative estimate of drug-likeness (QED) is 0.261. The maximum atomic E-state index is 14.6. The highest BCUT2D eigenvalue weighted by Crippen LogP contribution is 2.44. The Morgan fingerprint density at radius 3 is 2.39 bits per heavy atom. The monoisotopic (exact) mass is 517 g/mol. The zero-order valence-corrected chi connectivity index (χ0v) is 20.7. The number of aromatic nitrogens is 2. The molecule has 0 radical (unpaired) electrons. The van der Waals surface area contributed by atoms with Crippen LogP contribution in [0.1, 0.15) is 32.0 Å². The van der Waals surface area contributed by atoms with Gasteiger partial charge in [0.05, 0.1) is 12.0 Å². The van der Waals surface area contributed by atoms with Crippen molar-refractivity contribution in [3.05, 3.63) is 77.9 Å². The van der Waals surface area contributed by atoms with Gasteiger partial charge in [0.2, 0.25) is 5.88 Å². The molecule has 0 aliphatic carbocycles. The SMILES string of the molecule is COc1ccc(-c2sc(Nc3cccnc3Oc3ccccc3C(C)(C)C)nc2C(F)(F)F)c(F)c1. The molecule has 0 unspecified atom stereocenters. The van der Waals surface area contributed by atoms with Crippen LogP contribution in [0.15, 0.2) is 60.8 Å². The molecule has 4 rings (SSSR count). The van der Waals surface area contributed by atoms with Crippen molar-refractivity contribution in [1.82, 2.24) is 9.97 Å². The maximum absolute atomic E-state index is 14.6. The van der Waals surface area contributed by atoms with Crippen molar-refractivity contribution in [3.8, 4) is 27.8 Å². The lowest BCUT2D eigenvalue weighted by molar-refractivity contribution is -0.140. The summed E-state index contributed by atoms with van der Waals surface area (Å²) in [6.07, 6.45) is -3.28. The molecule has 1 N–H and O–H groups in total. The van der Waals surface area contributed by atoms with Gasteiger partial charge in [-0.15, -0.1) is 0 Å². The summed E-state index contributed by atoms with van der Waals surface area (Å²) in [5.41, 5.74) is -0.385. The minimum atomic E-state index is -4.79. The molecule has 4 aromatic rings. The number of nitrogens with one attached hydrogen (secondary N) is 1. The van der Waals surface area contributed by atoms with E-state index in [2.05, 4.69) is 15.3 Å². The number of hydrogen-bond acceptors (Lipinski definition) is 6. The molecule has 0 saturated heterocycles. The summed E-state index contributed by atoms with van der Waals surface area (Å²) in [5, 5.41) is 2.78. The van der Waals surface area contributed by atoms with Crippen LogP contribution >= 0.6 is 11.3 Å².